The standard InChI is InChI=1S/C22H31N3O4S/c1-6-19(26)24-18-13-21(2,3)25(22(18,4)5)30(28,29)17-11-9-16(10-12-17)20(27)23-14-15-7-8-15/h6,9-12,15,18H,1,7-8,13-14H2,2-5H3,(H,23,27)(H,24,26). The van der Waals surface area contributed by atoms with Crippen molar-refractivity contribution < 1.29 is 18.0 Å². The first kappa shape index (κ1) is 22.5. The molecule has 2 amide bonds. The van der Waals surface area contributed by atoms with Gasteiger partial charge >= 0.3 is 0 Å². The minimum Gasteiger partial charge on any atom is -0.352 e. The maximum Gasteiger partial charge on any atom is 0.251 e. The molecule has 1 unspecified atom stereocenters. The van der Waals surface area contributed by atoms with Crippen LogP contribution in [0.4, 0.5) is 0 Å². The largest absolute Gasteiger partial charge is 0.352 e. The lowest BCUT2D eigenvalue weighted by Gasteiger charge is -2.40. The van der Waals surface area contributed by atoms with Gasteiger partial charge in [0.2, 0.25) is 15.9 Å². The zero-order chi connectivity index (χ0) is 22.3. The molecule has 2 aliphatic rings. The molecule has 1 aliphatic carbocycles. The van der Waals surface area contributed by atoms with Gasteiger partial charge in [-0.3, -0.25) is 9.59 Å². The Bertz CT molecular complexity index is 947. The van der Waals surface area contributed by atoms with Crippen LogP contribution in [0.2, 0.25) is 0 Å². The number of carbonyl (C=O) groups is 2. The first-order valence-electron chi connectivity index (χ1n) is 10.3. The number of rotatable bonds is 7. The van der Waals surface area contributed by atoms with Gasteiger partial charge in [-0.05, 0) is 83.2 Å². The van der Waals surface area contributed by atoms with Crippen LogP contribution in [0.5, 0.6) is 0 Å². The fourth-order valence-corrected chi connectivity index (χ4v) is 6.55. The monoisotopic (exact) mass is 433 g/mol. The molecule has 8 heteroatoms. The molecule has 30 heavy (non-hydrogen) atoms. The minimum absolute atomic E-state index is 0.123. The summed E-state index contributed by atoms with van der Waals surface area (Å²) in [6, 6.07) is 5.68. The van der Waals surface area contributed by atoms with Gasteiger partial charge in [0.05, 0.1) is 10.4 Å². The van der Waals surface area contributed by atoms with Crippen LogP contribution in [0, 0.1) is 5.92 Å². The summed E-state index contributed by atoms with van der Waals surface area (Å²) in [5.41, 5.74) is -1.12. The summed E-state index contributed by atoms with van der Waals surface area (Å²) in [7, 11) is -3.86. The first-order chi connectivity index (χ1) is 13.9. The van der Waals surface area contributed by atoms with Gasteiger partial charge in [0.1, 0.15) is 0 Å². The number of benzene rings is 1. The highest BCUT2D eigenvalue weighted by Gasteiger charge is 2.57. The van der Waals surface area contributed by atoms with E-state index in [2.05, 4.69) is 17.2 Å². The molecule has 0 aromatic heterocycles. The molecule has 1 saturated heterocycles. The van der Waals surface area contributed by atoms with Crippen molar-refractivity contribution >= 4 is 21.8 Å². The highest BCUT2D eigenvalue weighted by molar-refractivity contribution is 7.89. The lowest BCUT2D eigenvalue weighted by Crippen LogP contribution is -2.56. The van der Waals surface area contributed by atoms with Crippen LogP contribution < -0.4 is 10.6 Å². The Morgan fingerprint density at radius 1 is 1.17 bits per heavy atom. The molecule has 2 N–H and O–H groups in total. The highest BCUT2D eigenvalue weighted by atomic mass is 32.2. The Kier molecular flexibility index (Phi) is 5.86. The highest BCUT2D eigenvalue weighted by Crippen LogP contribution is 2.44. The SMILES string of the molecule is C=CC(=O)NC1CC(C)(C)N(S(=O)(=O)c2ccc(C(=O)NCC3CC3)cc2)C1(C)C. The molecule has 1 saturated carbocycles. The number of sulfonamides is 1. The van der Waals surface area contributed by atoms with Crippen molar-refractivity contribution in [3.05, 3.63) is 42.5 Å². The molecule has 3 rings (SSSR count). The molecule has 0 bridgehead atoms. The Morgan fingerprint density at radius 3 is 2.30 bits per heavy atom. The molecule has 0 spiro atoms. The van der Waals surface area contributed by atoms with Crippen molar-refractivity contribution in [3.63, 3.8) is 0 Å². The third kappa shape index (κ3) is 4.30. The smallest absolute Gasteiger partial charge is 0.251 e. The van der Waals surface area contributed by atoms with Crippen molar-refractivity contribution in [2.75, 3.05) is 6.54 Å². The van der Waals surface area contributed by atoms with E-state index in [9.17, 15) is 18.0 Å². The van der Waals surface area contributed by atoms with E-state index in [1.54, 1.807) is 12.1 Å². The number of nitrogens with one attached hydrogen (secondary N) is 2. The predicted molar refractivity (Wildman–Crippen MR) is 115 cm³/mol. The molecular weight excluding hydrogens is 402 g/mol. The van der Waals surface area contributed by atoms with E-state index < -0.39 is 21.1 Å². The summed E-state index contributed by atoms with van der Waals surface area (Å²) in [6.45, 7) is 11.5. The van der Waals surface area contributed by atoms with E-state index in [4.69, 9.17) is 0 Å². The van der Waals surface area contributed by atoms with E-state index in [1.807, 2.05) is 27.7 Å². The first-order valence-corrected chi connectivity index (χ1v) is 11.7. The van der Waals surface area contributed by atoms with Gasteiger partial charge in [0.25, 0.3) is 5.91 Å². The van der Waals surface area contributed by atoms with Crippen molar-refractivity contribution in [1.29, 1.82) is 0 Å². The molecule has 1 aliphatic heterocycles. The number of amides is 2. The van der Waals surface area contributed by atoms with Gasteiger partial charge in [-0.2, -0.15) is 4.31 Å². The Hall–Kier alpha value is -2.19. The van der Waals surface area contributed by atoms with Crippen LogP contribution in [-0.4, -0.2) is 48.2 Å². The van der Waals surface area contributed by atoms with Gasteiger partial charge in [-0.1, -0.05) is 6.58 Å². The summed E-state index contributed by atoms with van der Waals surface area (Å²) in [6.07, 6.45) is 3.95. The topological polar surface area (TPSA) is 95.6 Å². The average molecular weight is 434 g/mol. The van der Waals surface area contributed by atoms with Crippen molar-refractivity contribution in [2.24, 2.45) is 5.92 Å². The second-order valence-corrected chi connectivity index (χ2v) is 11.2. The van der Waals surface area contributed by atoms with E-state index in [-0.39, 0.29) is 22.8 Å². The van der Waals surface area contributed by atoms with Gasteiger partial charge in [0, 0.05) is 23.7 Å². The van der Waals surface area contributed by atoms with Crippen LogP contribution in [0.3, 0.4) is 0 Å². The van der Waals surface area contributed by atoms with E-state index in [1.165, 1.54) is 22.5 Å². The van der Waals surface area contributed by atoms with Crippen molar-refractivity contribution in [3.8, 4) is 0 Å². The van der Waals surface area contributed by atoms with Gasteiger partial charge in [0.15, 0.2) is 0 Å². The molecule has 7 nitrogen and oxygen atoms in total. The molecule has 0 radical (unpaired) electrons. The fourth-order valence-electron chi connectivity index (χ4n) is 4.39. The minimum atomic E-state index is -3.86. The van der Waals surface area contributed by atoms with Crippen LogP contribution in [0.15, 0.2) is 41.8 Å². The van der Waals surface area contributed by atoms with Crippen molar-refractivity contribution in [2.45, 2.75) is 69.0 Å². The number of carbonyl (C=O) groups excluding carboxylic acids is 2. The second-order valence-electron chi connectivity index (χ2n) is 9.38. The van der Waals surface area contributed by atoms with Crippen molar-refractivity contribution in [1.82, 2.24) is 14.9 Å². The van der Waals surface area contributed by atoms with Crippen LogP contribution >= 0.6 is 0 Å². The van der Waals surface area contributed by atoms with Crippen LogP contribution in [0.25, 0.3) is 0 Å². The molecule has 1 atom stereocenters. The normalized spacial score (nSPS) is 23.0. The predicted octanol–water partition coefficient (Wildman–Crippen LogP) is 2.45. The quantitative estimate of drug-likeness (QED) is 0.646. The molecule has 2 fully saturated rings. The van der Waals surface area contributed by atoms with Gasteiger partial charge in [-0.25, -0.2) is 8.42 Å². The maximum atomic E-state index is 13.6. The summed E-state index contributed by atoms with van der Waals surface area (Å²) in [4.78, 5) is 24.2. The molecule has 1 aromatic carbocycles. The van der Waals surface area contributed by atoms with Gasteiger partial charge < -0.3 is 10.6 Å². The average Bonchev–Trinajstić information content (AvgIpc) is 3.46. The number of hydrogen-bond acceptors (Lipinski definition) is 4. The molecular formula is C22H31N3O4S. The Balaban J connectivity index is 1.84. The van der Waals surface area contributed by atoms with Crippen LogP contribution in [-0.2, 0) is 14.8 Å². The molecule has 1 heterocycles. The summed E-state index contributed by atoms with van der Waals surface area (Å²) >= 11 is 0. The second kappa shape index (κ2) is 7.81. The van der Waals surface area contributed by atoms with E-state index >= 15 is 0 Å². The van der Waals surface area contributed by atoms with Gasteiger partial charge in [-0.15, -0.1) is 0 Å². The fraction of sp³-hybridized carbons (Fsp3) is 0.545. The van der Waals surface area contributed by atoms with E-state index in [0.717, 1.165) is 12.8 Å². The summed E-state index contributed by atoms with van der Waals surface area (Å²) in [5, 5.41) is 5.75. The Labute approximate surface area is 179 Å². The van der Waals surface area contributed by atoms with Crippen LogP contribution in [0.1, 0.15) is 57.3 Å². The third-order valence-electron chi connectivity index (χ3n) is 6.03. The molecule has 164 valence electrons. The number of nitrogens with zero attached hydrogens (tertiary/aromatic N) is 1. The summed E-state index contributed by atoms with van der Waals surface area (Å²) < 4.78 is 28.6. The third-order valence-corrected chi connectivity index (χ3v) is 8.35. The number of hydrogen-bond donors (Lipinski definition) is 2. The Morgan fingerprint density at radius 2 is 1.77 bits per heavy atom. The van der Waals surface area contributed by atoms with E-state index in [0.29, 0.717) is 24.4 Å². The lowest BCUT2D eigenvalue weighted by atomic mass is 9.94. The zero-order valence-corrected chi connectivity index (χ0v) is 18.9. The molecule has 1 aromatic rings. The lowest BCUT2D eigenvalue weighted by molar-refractivity contribution is -0.117. The zero-order valence-electron chi connectivity index (χ0n) is 18.1. The maximum absolute atomic E-state index is 13.6. The summed E-state index contributed by atoms with van der Waals surface area (Å²) in [5.74, 6) is 0.0484.